The minimum Gasteiger partial charge on any atom is 0 e. The Hall–Kier alpha value is 1.13. The molecule has 0 aliphatic heterocycles. The predicted octanol–water partition coefficient (Wildman–Crippen LogP) is -0.421. The molecule has 0 saturated carbocycles. The SMILES string of the molecule is [B].[C].[O].[Y]. The largest absolute Gasteiger partial charge is 0 e. The van der Waals surface area contributed by atoms with E-state index >= 15 is 0 Å². The summed E-state index contributed by atoms with van der Waals surface area (Å²) in [5, 5.41) is 0. The molecule has 16 valence electrons. The predicted molar refractivity (Wildman–Crippen MR) is 9.68 cm³/mol. The molecule has 10 radical (unpaired) electrons. The van der Waals surface area contributed by atoms with E-state index < -0.39 is 0 Å². The van der Waals surface area contributed by atoms with E-state index in [2.05, 4.69) is 0 Å². The van der Waals surface area contributed by atoms with E-state index in [1.54, 1.807) is 0 Å². The first-order valence-electron chi connectivity index (χ1n) is 0. The van der Waals surface area contributed by atoms with Crippen LogP contribution in [0.4, 0.5) is 0 Å². The normalized spacial score (nSPS) is 0. The summed E-state index contributed by atoms with van der Waals surface area (Å²) in [6.07, 6.45) is 0. The fourth-order valence-electron chi connectivity index (χ4n) is 0. The zero-order valence-corrected chi connectivity index (χ0v) is 4.90. The van der Waals surface area contributed by atoms with Crippen LogP contribution in [0.3, 0.4) is 0 Å². The summed E-state index contributed by atoms with van der Waals surface area (Å²) in [7, 11) is 0. The second-order valence-corrected chi connectivity index (χ2v) is 0. The van der Waals surface area contributed by atoms with Crippen molar-refractivity contribution in [1.29, 1.82) is 0 Å². The molecule has 3 heteroatoms. The van der Waals surface area contributed by atoms with Crippen LogP contribution < -0.4 is 0 Å². The Balaban J connectivity index is 0. The maximum atomic E-state index is 0. The van der Waals surface area contributed by atoms with E-state index in [1.807, 2.05) is 0 Å². The number of hydrogen-bond acceptors (Lipinski definition) is 0. The average Bonchev–Trinajstić information content (AvgIpc) is 0. The van der Waals surface area contributed by atoms with Gasteiger partial charge in [-0.25, -0.2) is 0 Å². The maximum Gasteiger partial charge on any atom is 0 e. The Morgan fingerprint density at radius 2 is 1.00 bits per heavy atom. The molecule has 4 heavy (non-hydrogen) atoms. The Morgan fingerprint density at radius 1 is 1.00 bits per heavy atom. The molecule has 0 atom stereocenters. The molecule has 0 amide bonds. The molecule has 0 heterocycles. The fourth-order valence-corrected chi connectivity index (χ4v) is 0. The van der Waals surface area contributed by atoms with Gasteiger partial charge in [0.2, 0.25) is 0 Å². The summed E-state index contributed by atoms with van der Waals surface area (Å²) in [5.41, 5.74) is 0. The number of hydrogen-bond donors (Lipinski definition) is 0. The van der Waals surface area contributed by atoms with Gasteiger partial charge in [-0.3, -0.25) is 0 Å². The molecule has 0 aromatic heterocycles. The van der Waals surface area contributed by atoms with Crippen molar-refractivity contribution in [2.24, 2.45) is 0 Å². The summed E-state index contributed by atoms with van der Waals surface area (Å²) < 4.78 is 0. The van der Waals surface area contributed by atoms with Crippen LogP contribution in [0.5, 0.6) is 0 Å². The minimum absolute atomic E-state index is 0. The standard InChI is InChI=1S/C.B.O.Y. The van der Waals surface area contributed by atoms with E-state index in [4.69, 9.17) is 0 Å². The summed E-state index contributed by atoms with van der Waals surface area (Å²) in [5.74, 6) is 0. The van der Waals surface area contributed by atoms with E-state index in [0.717, 1.165) is 0 Å². The van der Waals surface area contributed by atoms with Crippen LogP contribution >= 0.6 is 0 Å². The molecule has 0 spiro atoms. The van der Waals surface area contributed by atoms with E-state index in [9.17, 15) is 0 Å². The summed E-state index contributed by atoms with van der Waals surface area (Å²) in [6, 6.07) is 0. The first-order chi connectivity index (χ1) is 0. The topological polar surface area (TPSA) is 28.5 Å². The molecule has 0 aromatic carbocycles. The Kier molecular flexibility index (Phi) is 544. The van der Waals surface area contributed by atoms with Crippen LogP contribution in [0.2, 0.25) is 0 Å². The monoisotopic (exact) mass is 128 g/mol. The van der Waals surface area contributed by atoms with Crippen molar-refractivity contribution in [3.8, 4) is 0 Å². The second kappa shape index (κ2) is 31.7. The Labute approximate surface area is 53.9 Å². The van der Waals surface area contributed by atoms with Crippen LogP contribution in [-0.4, -0.2) is 8.41 Å². The van der Waals surface area contributed by atoms with Crippen LogP contribution in [0.15, 0.2) is 0 Å². The van der Waals surface area contributed by atoms with E-state index in [1.165, 1.54) is 0 Å². The van der Waals surface area contributed by atoms with Crippen LogP contribution in [-0.2, 0) is 38.2 Å². The van der Waals surface area contributed by atoms with Crippen molar-refractivity contribution in [2.75, 3.05) is 0 Å². The molecule has 0 rings (SSSR count). The molecule has 0 aliphatic carbocycles. The Morgan fingerprint density at radius 3 is 1.00 bits per heavy atom. The molecule has 1 nitrogen and oxygen atoms in total. The smallest absolute Gasteiger partial charge is 0 e. The van der Waals surface area contributed by atoms with Crippen molar-refractivity contribution in [1.82, 2.24) is 0 Å². The van der Waals surface area contributed by atoms with Crippen molar-refractivity contribution >= 4 is 8.41 Å². The van der Waals surface area contributed by atoms with Gasteiger partial charge in [-0.2, -0.15) is 0 Å². The van der Waals surface area contributed by atoms with Gasteiger partial charge in [0.25, 0.3) is 0 Å². The average molecular weight is 128 g/mol. The first kappa shape index (κ1) is 68.6. The van der Waals surface area contributed by atoms with Crippen LogP contribution in [0, 0.1) is 7.43 Å². The molecule has 0 saturated heterocycles. The van der Waals surface area contributed by atoms with Crippen LogP contribution in [0.25, 0.3) is 0 Å². The summed E-state index contributed by atoms with van der Waals surface area (Å²) in [6.45, 7) is 0. The Bertz CT molecular complexity index is 8.00. The zero-order valence-electron chi connectivity index (χ0n) is 2.06. The molecule has 0 aromatic rings. The first-order valence-corrected chi connectivity index (χ1v) is 0. The second-order valence-electron chi connectivity index (χ2n) is 0. The van der Waals surface area contributed by atoms with Gasteiger partial charge >= 0.3 is 0 Å². The van der Waals surface area contributed by atoms with Gasteiger partial charge in [0.15, 0.2) is 0 Å². The van der Waals surface area contributed by atoms with Gasteiger partial charge in [-0.1, -0.05) is 0 Å². The molecular weight excluding hydrogens is 128 g/mol. The summed E-state index contributed by atoms with van der Waals surface area (Å²) in [4.78, 5) is 0. The van der Waals surface area contributed by atoms with Gasteiger partial charge in [0.05, 0.1) is 0 Å². The van der Waals surface area contributed by atoms with Gasteiger partial charge in [-0.05, 0) is 0 Å². The third-order valence-corrected chi connectivity index (χ3v) is 0. The van der Waals surface area contributed by atoms with Crippen molar-refractivity contribution < 1.29 is 38.2 Å². The fraction of sp³-hybridized carbons (Fsp3) is 0. The molecule has 0 N–H and O–H groups in total. The van der Waals surface area contributed by atoms with Gasteiger partial charge in [-0.15, -0.1) is 0 Å². The summed E-state index contributed by atoms with van der Waals surface area (Å²) >= 11 is 0. The molecular formula is CBOY. The van der Waals surface area contributed by atoms with Gasteiger partial charge < -0.3 is 0 Å². The van der Waals surface area contributed by atoms with Crippen molar-refractivity contribution in [3.63, 3.8) is 0 Å². The third kappa shape index (κ3) is 11.1. The molecule has 0 unspecified atom stereocenters. The minimum atomic E-state index is 0. The van der Waals surface area contributed by atoms with Crippen molar-refractivity contribution in [2.45, 2.75) is 0 Å². The maximum absolute atomic E-state index is 0. The van der Waals surface area contributed by atoms with Crippen molar-refractivity contribution in [3.05, 3.63) is 7.43 Å². The quantitative estimate of drug-likeness (QED) is 0.396. The molecule has 0 fully saturated rings. The molecule has 0 bridgehead atoms. The third-order valence-electron chi connectivity index (χ3n) is 0. The van der Waals surface area contributed by atoms with E-state index in [-0.39, 0.29) is 54.0 Å². The van der Waals surface area contributed by atoms with Gasteiger partial charge in [0.1, 0.15) is 0 Å². The molecule has 0 aliphatic rings. The van der Waals surface area contributed by atoms with E-state index in [0.29, 0.717) is 0 Å². The zero-order chi connectivity index (χ0) is 0. The van der Waals surface area contributed by atoms with Crippen LogP contribution in [0.1, 0.15) is 0 Å². The van der Waals surface area contributed by atoms with Gasteiger partial charge in [0, 0.05) is 54.0 Å². The number of rotatable bonds is 0.